The minimum absolute atomic E-state index is 0.148. The average molecular weight is 272 g/mol. The first-order chi connectivity index (χ1) is 8.69. The Morgan fingerprint density at radius 1 is 1.22 bits per heavy atom. The van der Waals surface area contributed by atoms with Crippen LogP contribution in [-0.4, -0.2) is 7.05 Å². The smallest absolute Gasteiger partial charge is 0.123 e. The number of halogens is 2. The Hall–Kier alpha value is -0.600. The number of unbranched alkanes of at least 4 members (excludes halogenated alkanes) is 4. The Labute approximate surface area is 115 Å². The van der Waals surface area contributed by atoms with E-state index < -0.39 is 0 Å². The van der Waals surface area contributed by atoms with E-state index in [1.807, 2.05) is 7.05 Å². The molecule has 0 saturated heterocycles. The van der Waals surface area contributed by atoms with Crippen molar-refractivity contribution in [2.24, 2.45) is 0 Å². The molecule has 0 amide bonds. The topological polar surface area (TPSA) is 12.0 Å². The van der Waals surface area contributed by atoms with Crippen molar-refractivity contribution in [2.75, 3.05) is 7.05 Å². The predicted octanol–water partition coefficient (Wildman–Crippen LogP) is 5.10. The van der Waals surface area contributed by atoms with Gasteiger partial charge in [0, 0.05) is 11.1 Å². The summed E-state index contributed by atoms with van der Waals surface area (Å²) in [5.74, 6) is -0.222. The molecule has 1 aromatic rings. The Kier molecular flexibility index (Phi) is 7.29. The molecule has 0 aromatic heterocycles. The quantitative estimate of drug-likeness (QED) is 0.649. The van der Waals surface area contributed by atoms with Crippen LogP contribution in [0.25, 0.3) is 0 Å². The number of rotatable bonds is 8. The van der Waals surface area contributed by atoms with Crippen molar-refractivity contribution in [3.8, 4) is 0 Å². The molecule has 0 saturated carbocycles. The summed E-state index contributed by atoms with van der Waals surface area (Å²) >= 11 is 6.13. The molecular weight excluding hydrogens is 249 g/mol. The van der Waals surface area contributed by atoms with E-state index in [1.54, 1.807) is 6.07 Å². The Morgan fingerprint density at radius 2 is 1.94 bits per heavy atom. The van der Waals surface area contributed by atoms with Crippen LogP contribution in [0.15, 0.2) is 18.2 Å². The van der Waals surface area contributed by atoms with Gasteiger partial charge in [-0.25, -0.2) is 4.39 Å². The standard InChI is InChI=1S/C15H23ClFN/c1-3-4-5-6-7-8-15(18-2)13-11-12(17)9-10-14(13)16/h9-11,15,18H,3-8H2,1-2H3. The van der Waals surface area contributed by atoms with Gasteiger partial charge in [-0.05, 0) is 37.2 Å². The summed E-state index contributed by atoms with van der Waals surface area (Å²) < 4.78 is 13.2. The van der Waals surface area contributed by atoms with Crippen LogP contribution in [0.1, 0.15) is 57.1 Å². The summed E-state index contributed by atoms with van der Waals surface area (Å²) in [6.45, 7) is 2.21. The van der Waals surface area contributed by atoms with Gasteiger partial charge < -0.3 is 5.32 Å². The molecule has 18 heavy (non-hydrogen) atoms. The van der Waals surface area contributed by atoms with E-state index in [2.05, 4.69) is 12.2 Å². The van der Waals surface area contributed by atoms with Gasteiger partial charge >= 0.3 is 0 Å². The summed E-state index contributed by atoms with van der Waals surface area (Å²) in [6.07, 6.45) is 7.22. The van der Waals surface area contributed by atoms with Crippen LogP contribution < -0.4 is 5.32 Å². The molecule has 0 aliphatic carbocycles. The first kappa shape index (κ1) is 15.5. The zero-order valence-electron chi connectivity index (χ0n) is 11.3. The van der Waals surface area contributed by atoms with Gasteiger partial charge in [-0.3, -0.25) is 0 Å². The van der Waals surface area contributed by atoms with Gasteiger partial charge in [0.25, 0.3) is 0 Å². The second kappa shape index (κ2) is 8.49. The first-order valence-electron chi connectivity index (χ1n) is 6.81. The molecule has 1 rings (SSSR count). The maximum absolute atomic E-state index is 13.2. The summed E-state index contributed by atoms with van der Waals surface area (Å²) in [4.78, 5) is 0. The van der Waals surface area contributed by atoms with Gasteiger partial charge in [0.2, 0.25) is 0 Å². The largest absolute Gasteiger partial charge is 0.313 e. The lowest BCUT2D eigenvalue weighted by Gasteiger charge is -2.18. The van der Waals surface area contributed by atoms with Crippen molar-refractivity contribution < 1.29 is 4.39 Å². The normalized spacial score (nSPS) is 12.7. The average Bonchev–Trinajstić information content (AvgIpc) is 2.37. The molecule has 1 N–H and O–H groups in total. The van der Waals surface area contributed by atoms with Gasteiger partial charge in [-0.2, -0.15) is 0 Å². The lowest BCUT2D eigenvalue weighted by molar-refractivity contribution is 0.498. The molecule has 0 aliphatic heterocycles. The predicted molar refractivity (Wildman–Crippen MR) is 76.6 cm³/mol. The van der Waals surface area contributed by atoms with Crippen molar-refractivity contribution in [1.29, 1.82) is 0 Å². The van der Waals surface area contributed by atoms with Crippen molar-refractivity contribution in [2.45, 2.75) is 51.5 Å². The van der Waals surface area contributed by atoms with Gasteiger partial charge in [0.1, 0.15) is 5.82 Å². The first-order valence-corrected chi connectivity index (χ1v) is 7.19. The molecule has 1 unspecified atom stereocenters. The highest BCUT2D eigenvalue weighted by Gasteiger charge is 2.13. The zero-order valence-corrected chi connectivity index (χ0v) is 12.1. The van der Waals surface area contributed by atoms with Gasteiger partial charge in [0.05, 0.1) is 0 Å². The van der Waals surface area contributed by atoms with E-state index >= 15 is 0 Å². The van der Waals surface area contributed by atoms with E-state index in [0.29, 0.717) is 5.02 Å². The van der Waals surface area contributed by atoms with E-state index in [9.17, 15) is 4.39 Å². The molecule has 1 nitrogen and oxygen atoms in total. The van der Waals surface area contributed by atoms with Crippen molar-refractivity contribution in [3.05, 3.63) is 34.6 Å². The number of hydrogen-bond donors (Lipinski definition) is 1. The van der Waals surface area contributed by atoms with E-state index in [4.69, 9.17) is 11.6 Å². The van der Waals surface area contributed by atoms with Crippen molar-refractivity contribution in [3.63, 3.8) is 0 Å². The highest BCUT2D eigenvalue weighted by molar-refractivity contribution is 6.31. The minimum atomic E-state index is -0.222. The Balaban J connectivity index is 2.52. The van der Waals surface area contributed by atoms with Crippen LogP contribution in [0, 0.1) is 5.82 Å². The van der Waals surface area contributed by atoms with Crippen molar-refractivity contribution in [1.82, 2.24) is 5.32 Å². The Morgan fingerprint density at radius 3 is 2.61 bits per heavy atom. The molecule has 0 fully saturated rings. The van der Waals surface area contributed by atoms with Crippen LogP contribution in [0.3, 0.4) is 0 Å². The van der Waals surface area contributed by atoms with E-state index in [1.165, 1.54) is 37.8 Å². The lowest BCUT2D eigenvalue weighted by Crippen LogP contribution is -2.17. The summed E-state index contributed by atoms with van der Waals surface area (Å²) in [5.41, 5.74) is 0.870. The monoisotopic (exact) mass is 271 g/mol. The molecule has 0 spiro atoms. The molecule has 0 heterocycles. The number of nitrogens with one attached hydrogen (secondary N) is 1. The van der Waals surface area contributed by atoms with Gasteiger partial charge in [-0.1, -0.05) is 50.6 Å². The SMILES string of the molecule is CCCCCCCC(NC)c1cc(F)ccc1Cl. The van der Waals surface area contributed by atoms with E-state index in [-0.39, 0.29) is 11.9 Å². The molecule has 1 aromatic carbocycles. The second-order valence-electron chi connectivity index (χ2n) is 4.71. The van der Waals surface area contributed by atoms with Crippen molar-refractivity contribution >= 4 is 11.6 Å². The zero-order chi connectivity index (χ0) is 13.4. The van der Waals surface area contributed by atoms with Crippen LogP contribution in [0.5, 0.6) is 0 Å². The maximum atomic E-state index is 13.2. The molecule has 3 heteroatoms. The van der Waals surface area contributed by atoms with Crippen LogP contribution >= 0.6 is 11.6 Å². The second-order valence-corrected chi connectivity index (χ2v) is 5.12. The van der Waals surface area contributed by atoms with Gasteiger partial charge in [0.15, 0.2) is 0 Å². The molecule has 0 aliphatic rings. The summed E-state index contributed by atoms with van der Waals surface area (Å²) in [7, 11) is 1.90. The fourth-order valence-electron chi connectivity index (χ4n) is 2.19. The molecular formula is C15H23ClFN. The van der Waals surface area contributed by atoms with E-state index in [0.717, 1.165) is 18.4 Å². The fraction of sp³-hybridized carbons (Fsp3) is 0.600. The fourth-order valence-corrected chi connectivity index (χ4v) is 2.44. The summed E-state index contributed by atoms with van der Waals surface area (Å²) in [6, 6.07) is 4.72. The Bertz CT molecular complexity index is 354. The molecule has 1 atom stereocenters. The highest BCUT2D eigenvalue weighted by atomic mass is 35.5. The van der Waals surface area contributed by atoms with Crippen LogP contribution in [0.2, 0.25) is 5.02 Å². The number of benzene rings is 1. The third-order valence-corrected chi connectivity index (χ3v) is 3.62. The van der Waals surface area contributed by atoms with Crippen LogP contribution in [-0.2, 0) is 0 Å². The third kappa shape index (κ3) is 4.95. The highest BCUT2D eigenvalue weighted by Crippen LogP contribution is 2.27. The van der Waals surface area contributed by atoms with Gasteiger partial charge in [-0.15, -0.1) is 0 Å². The maximum Gasteiger partial charge on any atom is 0.123 e. The summed E-state index contributed by atoms with van der Waals surface area (Å²) in [5, 5.41) is 3.87. The minimum Gasteiger partial charge on any atom is -0.313 e. The van der Waals surface area contributed by atoms with Crippen LogP contribution in [0.4, 0.5) is 4.39 Å². The molecule has 0 bridgehead atoms. The molecule has 102 valence electrons. The molecule has 0 radical (unpaired) electrons. The lowest BCUT2D eigenvalue weighted by atomic mass is 9.99. The third-order valence-electron chi connectivity index (χ3n) is 3.28. The number of hydrogen-bond acceptors (Lipinski definition) is 1.